The predicted octanol–water partition coefficient (Wildman–Crippen LogP) is 3.61. The normalized spacial score (nSPS) is 27.9. The van der Waals surface area contributed by atoms with Crippen molar-refractivity contribution in [2.45, 2.75) is 39.2 Å². The van der Waals surface area contributed by atoms with Crippen LogP contribution in [0.5, 0.6) is 0 Å². The molecule has 0 saturated carbocycles. The fraction of sp³-hybridized carbons (Fsp3) is 0.647. The lowest BCUT2D eigenvalue weighted by atomic mass is 9.74. The Morgan fingerprint density at radius 3 is 2.90 bits per heavy atom. The van der Waals surface area contributed by atoms with Gasteiger partial charge in [-0.2, -0.15) is 0 Å². The van der Waals surface area contributed by atoms with Crippen LogP contribution in [-0.2, 0) is 6.54 Å². The lowest BCUT2D eigenvalue weighted by Gasteiger charge is -2.45. The highest BCUT2D eigenvalue weighted by atomic mass is 35.5. The average molecular weight is 293 g/mol. The third-order valence-corrected chi connectivity index (χ3v) is 5.26. The smallest absolute Gasteiger partial charge is 0.0453 e. The molecule has 2 saturated heterocycles. The largest absolute Gasteiger partial charge is 0.316 e. The van der Waals surface area contributed by atoms with Crippen LogP contribution in [0.15, 0.2) is 18.2 Å². The van der Waals surface area contributed by atoms with Crippen LogP contribution < -0.4 is 5.32 Å². The summed E-state index contributed by atoms with van der Waals surface area (Å²) in [5.74, 6) is 0. The van der Waals surface area contributed by atoms with Gasteiger partial charge in [-0.05, 0) is 68.3 Å². The molecule has 0 bridgehead atoms. The number of nitrogens with zero attached hydrogens (tertiary/aromatic N) is 1. The molecule has 0 amide bonds. The second kappa shape index (κ2) is 6.05. The first kappa shape index (κ1) is 14.4. The Morgan fingerprint density at radius 1 is 1.30 bits per heavy atom. The maximum atomic E-state index is 6.39. The zero-order valence-corrected chi connectivity index (χ0v) is 13.2. The average Bonchev–Trinajstić information content (AvgIpc) is 2.43. The van der Waals surface area contributed by atoms with Gasteiger partial charge in [0.25, 0.3) is 0 Å². The number of rotatable bonds is 2. The van der Waals surface area contributed by atoms with E-state index in [2.05, 4.69) is 35.3 Å². The summed E-state index contributed by atoms with van der Waals surface area (Å²) >= 11 is 6.39. The quantitative estimate of drug-likeness (QED) is 0.896. The van der Waals surface area contributed by atoms with Crippen molar-refractivity contribution >= 4 is 11.6 Å². The Balaban J connectivity index is 1.68. The summed E-state index contributed by atoms with van der Waals surface area (Å²) in [4.78, 5) is 2.60. The molecule has 2 aliphatic rings. The van der Waals surface area contributed by atoms with E-state index in [0.717, 1.165) is 11.6 Å². The van der Waals surface area contributed by atoms with Crippen molar-refractivity contribution in [2.24, 2.45) is 5.41 Å². The van der Waals surface area contributed by atoms with Crippen molar-refractivity contribution in [3.63, 3.8) is 0 Å². The molecule has 0 aromatic heterocycles. The molecule has 2 heterocycles. The molecular formula is C17H25ClN2. The molecule has 0 aliphatic carbocycles. The Hall–Kier alpha value is -0.570. The minimum atomic E-state index is 0.522. The molecule has 1 aromatic carbocycles. The van der Waals surface area contributed by atoms with E-state index >= 15 is 0 Å². The molecular weight excluding hydrogens is 268 g/mol. The fourth-order valence-electron chi connectivity index (χ4n) is 3.85. The molecule has 1 spiro atoms. The van der Waals surface area contributed by atoms with E-state index in [1.807, 2.05) is 0 Å². The second-order valence-electron chi connectivity index (χ2n) is 6.69. The van der Waals surface area contributed by atoms with Gasteiger partial charge in [-0.15, -0.1) is 0 Å². The number of hydrogen-bond acceptors (Lipinski definition) is 2. The Kier molecular flexibility index (Phi) is 4.34. The second-order valence-corrected chi connectivity index (χ2v) is 7.10. The molecule has 1 atom stereocenters. The lowest BCUT2D eigenvalue weighted by Crippen LogP contribution is -2.50. The topological polar surface area (TPSA) is 15.3 Å². The molecule has 2 fully saturated rings. The van der Waals surface area contributed by atoms with Crippen molar-refractivity contribution < 1.29 is 0 Å². The highest BCUT2D eigenvalue weighted by Crippen LogP contribution is 2.36. The molecule has 0 radical (unpaired) electrons. The standard InChI is InChI=1S/C17H25ClN2/c1-14-4-5-15(16(18)10-14)11-20-9-3-7-17(13-20)6-2-8-19-12-17/h4-5,10,19H,2-3,6-9,11-13H2,1H3. The molecule has 2 aliphatic heterocycles. The van der Waals surface area contributed by atoms with Gasteiger partial charge in [0.15, 0.2) is 0 Å². The van der Waals surface area contributed by atoms with E-state index in [0.29, 0.717) is 5.41 Å². The van der Waals surface area contributed by atoms with Gasteiger partial charge in [0, 0.05) is 24.7 Å². The molecule has 110 valence electrons. The predicted molar refractivity (Wildman–Crippen MR) is 85.2 cm³/mol. The monoisotopic (exact) mass is 292 g/mol. The Morgan fingerprint density at radius 2 is 2.15 bits per heavy atom. The van der Waals surface area contributed by atoms with Gasteiger partial charge in [-0.1, -0.05) is 23.7 Å². The van der Waals surface area contributed by atoms with E-state index in [1.54, 1.807) is 0 Å². The van der Waals surface area contributed by atoms with Gasteiger partial charge >= 0.3 is 0 Å². The van der Waals surface area contributed by atoms with Crippen LogP contribution in [-0.4, -0.2) is 31.1 Å². The van der Waals surface area contributed by atoms with Crippen LogP contribution >= 0.6 is 11.6 Å². The zero-order valence-electron chi connectivity index (χ0n) is 12.4. The van der Waals surface area contributed by atoms with Gasteiger partial charge in [-0.25, -0.2) is 0 Å². The SMILES string of the molecule is Cc1ccc(CN2CCCC3(CCCNC3)C2)c(Cl)c1. The molecule has 1 unspecified atom stereocenters. The highest BCUT2D eigenvalue weighted by Gasteiger charge is 2.36. The molecule has 3 heteroatoms. The Labute approximate surface area is 127 Å². The van der Waals surface area contributed by atoms with Gasteiger partial charge in [-0.3, -0.25) is 4.90 Å². The van der Waals surface area contributed by atoms with E-state index in [-0.39, 0.29) is 0 Å². The first-order valence-electron chi connectivity index (χ1n) is 7.85. The summed E-state index contributed by atoms with van der Waals surface area (Å²) in [7, 11) is 0. The number of halogens is 1. The first-order valence-corrected chi connectivity index (χ1v) is 8.23. The van der Waals surface area contributed by atoms with Gasteiger partial charge in [0.05, 0.1) is 0 Å². The van der Waals surface area contributed by atoms with E-state index in [4.69, 9.17) is 11.6 Å². The van der Waals surface area contributed by atoms with Crippen molar-refractivity contribution in [2.75, 3.05) is 26.2 Å². The number of likely N-dealkylation sites (tertiary alicyclic amines) is 1. The van der Waals surface area contributed by atoms with Crippen LogP contribution in [0.25, 0.3) is 0 Å². The highest BCUT2D eigenvalue weighted by molar-refractivity contribution is 6.31. The van der Waals surface area contributed by atoms with Gasteiger partial charge in [0.2, 0.25) is 0 Å². The lowest BCUT2D eigenvalue weighted by molar-refractivity contribution is 0.0601. The minimum Gasteiger partial charge on any atom is -0.316 e. The van der Waals surface area contributed by atoms with Crippen molar-refractivity contribution in [1.29, 1.82) is 0 Å². The molecule has 20 heavy (non-hydrogen) atoms. The number of piperidine rings is 2. The third-order valence-electron chi connectivity index (χ3n) is 4.90. The Bertz CT molecular complexity index is 461. The maximum Gasteiger partial charge on any atom is 0.0453 e. The van der Waals surface area contributed by atoms with Crippen LogP contribution in [0.3, 0.4) is 0 Å². The van der Waals surface area contributed by atoms with Crippen LogP contribution in [0, 0.1) is 12.3 Å². The summed E-state index contributed by atoms with van der Waals surface area (Å²) in [6.07, 6.45) is 5.43. The van der Waals surface area contributed by atoms with E-state index in [1.165, 1.54) is 63.0 Å². The summed E-state index contributed by atoms with van der Waals surface area (Å²) in [5.41, 5.74) is 3.04. The van der Waals surface area contributed by atoms with Crippen LogP contribution in [0.2, 0.25) is 5.02 Å². The van der Waals surface area contributed by atoms with Gasteiger partial charge < -0.3 is 5.32 Å². The number of nitrogens with one attached hydrogen (secondary N) is 1. The van der Waals surface area contributed by atoms with Crippen molar-refractivity contribution in [3.8, 4) is 0 Å². The maximum absolute atomic E-state index is 6.39. The fourth-order valence-corrected chi connectivity index (χ4v) is 4.14. The van der Waals surface area contributed by atoms with E-state index < -0.39 is 0 Å². The number of aryl methyl sites for hydroxylation is 1. The number of benzene rings is 1. The van der Waals surface area contributed by atoms with E-state index in [9.17, 15) is 0 Å². The summed E-state index contributed by atoms with van der Waals surface area (Å²) in [6, 6.07) is 6.44. The molecule has 2 nitrogen and oxygen atoms in total. The summed E-state index contributed by atoms with van der Waals surface area (Å²) < 4.78 is 0. The van der Waals surface area contributed by atoms with Crippen LogP contribution in [0.1, 0.15) is 36.8 Å². The molecule has 3 rings (SSSR count). The third kappa shape index (κ3) is 3.19. The zero-order chi connectivity index (χ0) is 14.0. The van der Waals surface area contributed by atoms with Crippen LogP contribution in [0.4, 0.5) is 0 Å². The first-order chi connectivity index (χ1) is 9.67. The molecule has 1 aromatic rings. The summed E-state index contributed by atoms with van der Waals surface area (Å²) in [6.45, 7) is 7.94. The van der Waals surface area contributed by atoms with Crippen molar-refractivity contribution in [3.05, 3.63) is 34.3 Å². The number of hydrogen-bond donors (Lipinski definition) is 1. The molecule has 1 N–H and O–H groups in total. The summed E-state index contributed by atoms with van der Waals surface area (Å²) in [5, 5.41) is 4.52. The minimum absolute atomic E-state index is 0.522. The van der Waals surface area contributed by atoms with Crippen molar-refractivity contribution in [1.82, 2.24) is 10.2 Å². The van der Waals surface area contributed by atoms with Gasteiger partial charge in [0.1, 0.15) is 0 Å².